The van der Waals surface area contributed by atoms with E-state index in [4.69, 9.17) is 0 Å². The van der Waals surface area contributed by atoms with E-state index in [1.54, 1.807) is 6.08 Å². The van der Waals surface area contributed by atoms with Gasteiger partial charge in [0.2, 0.25) is 0 Å². The molecular weight excluding hydrogens is 208 g/mol. The summed E-state index contributed by atoms with van der Waals surface area (Å²) in [7, 11) is 0. The van der Waals surface area contributed by atoms with E-state index < -0.39 is 0 Å². The third-order valence-electron chi connectivity index (χ3n) is 3.18. The van der Waals surface area contributed by atoms with Crippen molar-refractivity contribution in [2.75, 3.05) is 0 Å². The third kappa shape index (κ3) is 6.25. The van der Waals surface area contributed by atoms with Crippen LogP contribution < -0.4 is 0 Å². The van der Waals surface area contributed by atoms with Crippen LogP contribution in [0.1, 0.15) is 52.9 Å². The van der Waals surface area contributed by atoms with Crippen LogP contribution in [0.3, 0.4) is 0 Å². The van der Waals surface area contributed by atoms with Gasteiger partial charge in [-0.3, -0.25) is 4.79 Å². The van der Waals surface area contributed by atoms with Crippen molar-refractivity contribution in [3.63, 3.8) is 0 Å². The molecule has 17 heavy (non-hydrogen) atoms. The molecule has 94 valence electrons. The fourth-order valence-electron chi connectivity index (χ4n) is 1.99. The van der Waals surface area contributed by atoms with Gasteiger partial charge in [-0.05, 0) is 58.4 Å². The van der Waals surface area contributed by atoms with E-state index in [1.165, 1.54) is 11.1 Å². The minimum atomic E-state index is 0.283. The summed E-state index contributed by atoms with van der Waals surface area (Å²) in [5, 5.41) is 0. The molecule has 1 nitrogen and oxygen atoms in total. The second kappa shape index (κ2) is 7.26. The lowest BCUT2D eigenvalue weighted by molar-refractivity contribution is -0.115. The van der Waals surface area contributed by atoms with Gasteiger partial charge >= 0.3 is 0 Å². The Morgan fingerprint density at radius 1 is 1.35 bits per heavy atom. The summed E-state index contributed by atoms with van der Waals surface area (Å²) in [6, 6.07) is 0. The van der Waals surface area contributed by atoms with Crippen LogP contribution in [0.25, 0.3) is 0 Å². The van der Waals surface area contributed by atoms with Crippen LogP contribution in [0.15, 0.2) is 35.5 Å². The first-order valence-corrected chi connectivity index (χ1v) is 6.58. The number of hydrogen-bond donors (Lipinski definition) is 0. The molecule has 0 amide bonds. The number of carbonyl (C=O) groups is 1. The van der Waals surface area contributed by atoms with Crippen molar-refractivity contribution in [3.8, 4) is 0 Å². The lowest BCUT2D eigenvalue weighted by Crippen LogP contribution is -2.06. The van der Waals surface area contributed by atoms with Crippen LogP contribution in [0.2, 0.25) is 0 Å². The Hall–Kier alpha value is -1.11. The number of rotatable bonds is 5. The molecule has 1 atom stereocenters. The van der Waals surface area contributed by atoms with Gasteiger partial charge in [-0.2, -0.15) is 0 Å². The zero-order valence-electron chi connectivity index (χ0n) is 11.3. The molecule has 0 aliphatic heterocycles. The van der Waals surface area contributed by atoms with Crippen molar-refractivity contribution in [2.45, 2.75) is 52.9 Å². The highest BCUT2D eigenvalue weighted by Crippen LogP contribution is 2.20. The van der Waals surface area contributed by atoms with Gasteiger partial charge in [0.1, 0.15) is 0 Å². The number of allylic oxidation sites excluding steroid dienone is 6. The number of carbonyl (C=O) groups excluding carboxylic acids is 1. The lowest BCUT2D eigenvalue weighted by Gasteiger charge is -2.13. The minimum Gasteiger partial charge on any atom is -0.295 e. The maximum absolute atomic E-state index is 11.0. The van der Waals surface area contributed by atoms with Crippen molar-refractivity contribution >= 4 is 5.78 Å². The standard InChI is InChI=1S/C16H24O/c1-13(2)5-4-6-14(3)7-8-15-9-11-16(17)12-10-15/h5,7,9,11,15H,4,6,8,10,12H2,1-3H3/b14-7+/t15-/m1/s1. The van der Waals surface area contributed by atoms with Crippen LogP contribution in [0, 0.1) is 5.92 Å². The summed E-state index contributed by atoms with van der Waals surface area (Å²) < 4.78 is 0. The summed E-state index contributed by atoms with van der Waals surface area (Å²) in [6.45, 7) is 6.49. The zero-order valence-corrected chi connectivity index (χ0v) is 11.3. The first-order chi connectivity index (χ1) is 8.08. The molecule has 0 saturated heterocycles. The normalized spacial score (nSPS) is 20.5. The summed E-state index contributed by atoms with van der Waals surface area (Å²) in [4.78, 5) is 11.0. The Bertz CT molecular complexity index is 341. The minimum absolute atomic E-state index is 0.283. The maximum atomic E-state index is 11.0. The molecule has 1 aliphatic carbocycles. The third-order valence-corrected chi connectivity index (χ3v) is 3.18. The zero-order chi connectivity index (χ0) is 12.7. The molecule has 0 spiro atoms. The highest BCUT2D eigenvalue weighted by molar-refractivity contribution is 5.90. The highest BCUT2D eigenvalue weighted by Gasteiger charge is 2.11. The Morgan fingerprint density at radius 3 is 2.71 bits per heavy atom. The SMILES string of the molecule is CC(C)=CCC/C(C)=C/C[C@@H]1C=CC(=O)CC1. The Labute approximate surface area is 105 Å². The summed E-state index contributed by atoms with van der Waals surface area (Å²) in [6.07, 6.45) is 13.6. The molecule has 0 N–H and O–H groups in total. The van der Waals surface area contributed by atoms with Gasteiger partial charge in [-0.1, -0.05) is 29.4 Å². The van der Waals surface area contributed by atoms with Gasteiger partial charge in [-0.25, -0.2) is 0 Å². The molecule has 0 fully saturated rings. The average Bonchev–Trinajstić information content (AvgIpc) is 2.28. The van der Waals surface area contributed by atoms with E-state index in [1.807, 2.05) is 0 Å². The summed E-state index contributed by atoms with van der Waals surface area (Å²) >= 11 is 0. The Kier molecular flexibility index (Phi) is 5.96. The molecular formula is C16H24O. The molecule has 1 rings (SSSR count). The van der Waals surface area contributed by atoms with Crippen LogP contribution in [0.5, 0.6) is 0 Å². The number of ketones is 1. The quantitative estimate of drug-likeness (QED) is 0.633. The summed E-state index contributed by atoms with van der Waals surface area (Å²) in [5.74, 6) is 0.858. The van der Waals surface area contributed by atoms with Crippen LogP contribution in [-0.4, -0.2) is 5.78 Å². The summed E-state index contributed by atoms with van der Waals surface area (Å²) in [5.41, 5.74) is 2.86. The molecule has 0 aromatic heterocycles. The molecule has 0 bridgehead atoms. The molecule has 0 saturated carbocycles. The van der Waals surface area contributed by atoms with E-state index in [9.17, 15) is 4.79 Å². The molecule has 0 unspecified atom stereocenters. The van der Waals surface area contributed by atoms with E-state index in [2.05, 4.69) is 39.0 Å². The lowest BCUT2D eigenvalue weighted by atomic mass is 9.91. The second-order valence-electron chi connectivity index (χ2n) is 5.23. The van der Waals surface area contributed by atoms with Crippen LogP contribution in [-0.2, 0) is 4.79 Å². The number of hydrogen-bond acceptors (Lipinski definition) is 1. The second-order valence-corrected chi connectivity index (χ2v) is 5.23. The predicted octanol–water partition coefficient (Wildman–Crippen LogP) is 4.60. The molecule has 0 aromatic carbocycles. The topological polar surface area (TPSA) is 17.1 Å². The highest BCUT2D eigenvalue weighted by atomic mass is 16.1. The Balaban J connectivity index is 2.30. The van der Waals surface area contributed by atoms with E-state index in [0.717, 1.165) is 32.1 Å². The maximum Gasteiger partial charge on any atom is 0.155 e. The van der Waals surface area contributed by atoms with Crippen molar-refractivity contribution < 1.29 is 4.79 Å². The fourth-order valence-corrected chi connectivity index (χ4v) is 1.99. The largest absolute Gasteiger partial charge is 0.295 e. The van der Waals surface area contributed by atoms with Gasteiger partial charge in [-0.15, -0.1) is 0 Å². The average molecular weight is 232 g/mol. The van der Waals surface area contributed by atoms with Crippen molar-refractivity contribution in [3.05, 3.63) is 35.5 Å². The molecule has 0 radical (unpaired) electrons. The van der Waals surface area contributed by atoms with Crippen molar-refractivity contribution in [1.82, 2.24) is 0 Å². The first-order valence-electron chi connectivity index (χ1n) is 6.58. The van der Waals surface area contributed by atoms with Gasteiger partial charge in [0.25, 0.3) is 0 Å². The smallest absolute Gasteiger partial charge is 0.155 e. The van der Waals surface area contributed by atoms with Gasteiger partial charge in [0.05, 0.1) is 0 Å². The van der Waals surface area contributed by atoms with Gasteiger partial charge in [0, 0.05) is 6.42 Å². The van der Waals surface area contributed by atoms with Gasteiger partial charge < -0.3 is 0 Å². The monoisotopic (exact) mass is 232 g/mol. The fraction of sp³-hybridized carbons (Fsp3) is 0.562. The van der Waals surface area contributed by atoms with Crippen molar-refractivity contribution in [1.29, 1.82) is 0 Å². The van der Waals surface area contributed by atoms with Gasteiger partial charge in [0.15, 0.2) is 5.78 Å². The molecule has 1 aliphatic rings. The predicted molar refractivity (Wildman–Crippen MR) is 73.9 cm³/mol. The molecule has 0 heterocycles. The first kappa shape index (κ1) is 14.0. The van der Waals surface area contributed by atoms with Crippen molar-refractivity contribution in [2.24, 2.45) is 5.92 Å². The van der Waals surface area contributed by atoms with Crippen LogP contribution >= 0.6 is 0 Å². The molecule has 0 aromatic rings. The van der Waals surface area contributed by atoms with E-state index in [-0.39, 0.29) is 5.78 Å². The Morgan fingerprint density at radius 2 is 2.12 bits per heavy atom. The molecule has 1 heteroatoms. The van der Waals surface area contributed by atoms with E-state index >= 15 is 0 Å². The van der Waals surface area contributed by atoms with E-state index in [0.29, 0.717) is 5.92 Å². The van der Waals surface area contributed by atoms with Crippen LogP contribution in [0.4, 0.5) is 0 Å².